The van der Waals surface area contributed by atoms with Gasteiger partial charge in [-0.2, -0.15) is 0 Å². The summed E-state index contributed by atoms with van der Waals surface area (Å²) in [6.45, 7) is 0. The minimum absolute atomic E-state index is 0. The summed E-state index contributed by atoms with van der Waals surface area (Å²) in [6.07, 6.45) is 12.5. The third kappa shape index (κ3) is 17.0. The number of allylic oxidation sites excluding steroid dienone is 2. The number of carbonyl (C=O) groups is 1. The van der Waals surface area contributed by atoms with E-state index in [4.69, 9.17) is 5.11 Å². The molecule has 114 valence electrons. The Morgan fingerprint density at radius 2 is 1.37 bits per heavy atom. The first kappa shape index (κ1) is 23.1. The summed E-state index contributed by atoms with van der Waals surface area (Å²) in [4.78, 5) is 10.2. The smallest absolute Gasteiger partial charge is 0.481 e. The number of rotatable bonds is 1. The van der Waals surface area contributed by atoms with Crippen molar-refractivity contribution in [3.63, 3.8) is 0 Å². The zero-order valence-electron chi connectivity index (χ0n) is 10.7. The average Bonchev–Trinajstić information content (AvgIpc) is 2.94. The zero-order valence-corrected chi connectivity index (χ0v) is 10.7. The van der Waals surface area contributed by atoms with Crippen molar-refractivity contribution in [1.82, 2.24) is 0 Å². The minimum Gasteiger partial charge on any atom is -0.481 e. The topological polar surface area (TPSA) is 100 Å². The Bertz CT molecular complexity index is 225. The summed E-state index contributed by atoms with van der Waals surface area (Å²) in [5.74, 6) is -0.627. The molecule has 0 radical (unpaired) electrons. The van der Waals surface area contributed by atoms with E-state index in [-0.39, 0.29) is 16.9 Å². The van der Waals surface area contributed by atoms with Crippen LogP contribution in [-0.2, 0) is 4.79 Å². The Morgan fingerprint density at radius 1 is 1.00 bits per heavy atom. The van der Waals surface area contributed by atoms with E-state index in [9.17, 15) is 17.7 Å². The van der Waals surface area contributed by atoms with E-state index in [0.29, 0.717) is 0 Å². The summed E-state index contributed by atoms with van der Waals surface area (Å²) in [7, 11) is -3.67. The highest BCUT2D eigenvalue weighted by Crippen LogP contribution is 2.24. The number of hydrogen-bond acceptors (Lipinski definition) is 1. The van der Waals surface area contributed by atoms with Crippen molar-refractivity contribution < 1.29 is 33.8 Å². The van der Waals surface area contributed by atoms with Crippen molar-refractivity contribution in [2.45, 2.75) is 44.9 Å². The van der Waals surface area contributed by atoms with E-state index in [1.54, 1.807) is 0 Å². The number of aliphatic carboxylic acids is 1. The van der Waals surface area contributed by atoms with E-state index in [1.165, 1.54) is 19.3 Å². The van der Waals surface area contributed by atoms with Gasteiger partial charge in [-0.05, 0) is 32.1 Å². The SMILES string of the molecule is C1=CCCC1.FB(F)F.O.O.O=C(O)C1CCCC1. The molecule has 0 aromatic heterocycles. The molecule has 0 aliphatic heterocycles. The maximum atomic E-state index is 10.2. The molecule has 8 heteroatoms. The van der Waals surface area contributed by atoms with Crippen LogP contribution >= 0.6 is 0 Å². The Balaban J connectivity index is -0.000000206. The summed E-state index contributed by atoms with van der Waals surface area (Å²) < 4.78 is 29.0. The predicted octanol–water partition coefficient (Wildman–Crippen LogP) is 2.22. The quantitative estimate of drug-likeness (QED) is 0.590. The van der Waals surface area contributed by atoms with E-state index in [1.807, 2.05) is 0 Å². The number of carboxylic acids is 1. The molecular formula is C11H22BF3O4. The lowest BCUT2D eigenvalue weighted by atomic mass is 10.1. The van der Waals surface area contributed by atoms with Crippen molar-refractivity contribution in [3.8, 4) is 0 Å². The van der Waals surface area contributed by atoms with Crippen LogP contribution in [0.4, 0.5) is 12.9 Å². The molecule has 1 saturated carbocycles. The maximum absolute atomic E-state index is 10.2. The van der Waals surface area contributed by atoms with Crippen molar-refractivity contribution >= 4 is 13.5 Å². The maximum Gasteiger partial charge on any atom is 0.762 e. The highest BCUT2D eigenvalue weighted by molar-refractivity contribution is 6.33. The van der Waals surface area contributed by atoms with Crippen molar-refractivity contribution in [1.29, 1.82) is 0 Å². The molecule has 0 amide bonds. The van der Waals surface area contributed by atoms with Gasteiger partial charge in [0.25, 0.3) is 0 Å². The van der Waals surface area contributed by atoms with E-state index in [0.717, 1.165) is 25.7 Å². The number of halogens is 3. The standard InChI is InChI=1S/C6H10O2.C5H8.BF3.2H2O/c7-6(8)5-3-1-2-4-5;1-2-4-5-3-1;2-1(3)4;;/h5H,1-4H2,(H,7,8);1-2H,3-5H2;;2*1H2. The van der Waals surface area contributed by atoms with E-state index >= 15 is 0 Å². The molecular weight excluding hydrogens is 264 g/mol. The van der Waals surface area contributed by atoms with Crippen molar-refractivity contribution in [3.05, 3.63) is 12.2 Å². The van der Waals surface area contributed by atoms with Gasteiger partial charge in [-0.1, -0.05) is 25.0 Å². The van der Waals surface area contributed by atoms with Gasteiger partial charge in [0.15, 0.2) is 0 Å². The minimum atomic E-state index is -3.67. The lowest BCUT2D eigenvalue weighted by Gasteiger charge is -1.97. The molecule has 0 unspecified atom stereocenters. The second kappa shape index (κ2) is 15.0. The molecule has 0 heterocycles. The van der Waals surface area contributed by atoms with Gasteiger partial charge in [-0.15, -0.1) is 0 Å². The third-order valence-electron chi connectivity index (χ3n) is 2.61. The molecule has 5 N–H and O–H groups in total. The second-order valence-corrected chi connectivity index (χ2v) is 3.97. The monoisotopic (exact) mass is 286 g/mol. The summed E-state index contributed by atoms with van der Waals surface area (Å²) in [5.41, 5.74) is 0. The molecule has 0 aromatic carbocycles. The van der Waals surface area contributed by atoms with Crippen LogP contribution in [0.5, 0.6) is 0 Å². The first-order chi connectivity index (χ1) is 8.04. The highest BCUT2D eigenvalue weighted by Gasteiger charge is 2.21. The van der Waals surface area contributed by atoms with Crippen molar-refractivity contribution in [2.75, 3.05) is 0 Å². The second-order valence-electron chi connectivity index (χ2n) is 3.97. The molecule has 0 aromatic rings. The first-order valence-corrected chi connectivity index (χ1v) is 5.84. The molecule has 2 aliphatic carbocycles. The molecule has 0 bridgehead atoms. The van der Waals surface area contributed by atoms with Crippen LogP contribution in [0.25, 0.3) is 0 Å². The van der Waals surface area contributed by atoms with Gasteiger partial charge in [0, 0.05) is 0 Å². The van der Waals surface area contributed by atoms with Crippen LogP contribution in [0.1, 0.15) is 44.9 Å². The fourth-order valence-electron chi connectivity index (χ4n) is 1.76. The lowest BCUT2D eigenvalue weighted by molar-refractivity contribution is -0.141. The lowest BCUT2D eigenvalue weighted by Crippen LogP contribution is -2.07. The summed E-state index contributed by atoms with van der Waals surface area (Å²) >= 11 is 0. The molecule has 1 fully saturated rings. The Hall–Kier alpha value is -1.02. The highest BCUT2D eigenvalue weighted by atomic mass is 19.4. The van der Waals surface area contributed by atoms with Gasteiger partial charge in [0.1, 0.15) is 0 Å². The fourth-order valence-corrected chi connectivity index (χ4v) is 1.76. The van der Waals surface area contributed by atoms with Gasteiger partial charge in [0.2, 0.25) is 0 Å². The van der Waals surface area contributed by atoms with Gasteiger partial charge < -0.3 is 16.1 Å². The van der Waals surface area contributed by atoms with Crippen LogP contribution in [-0.4, -0.2) is 29.6 Å². The van der Waals surface area contributed by atoms with Crippen LogP contribution in [0, 0.1) is 5.92 Å². The fraction of sp³-hybridized carbons (Fsp3) is 0.727. The zero-order chi connectivity index (χ0) is 13.1. The van der Waals surface area contributed by atoms with Gasteiger partial charge in [0.05, 0.1) is 5.92 Å². The number of carboxylic acid groups (broad SMARTS) is 1. The molecule has 4 nitrogen and oxygen atoms in total. The Labute approximate surface area is 111 Å². The molecule has 2 rings (SSSR count). The molecule has 0 spiro atoms. The van der Waals surface area contributed by atoms with Crippen LogP contribution in [0.15, 0.2) is 12.2 Å². The van der Waals surface area contributed by atoms with Crippen LogP contribution < -0.4 is 0 Å². The Kier molecular flexibility index (Phi) is 18.3. The average molecular weight is 286 g/mol. The van der Waals surface area contributed by atoms with Gasteiger partial charge >= 0.3 is 13.5 Å². The van der Waals surface area contributed by atoms with Crippen LogP contribution in [0.2, 0.25) is 0 Å². The third-order valence-corrected chi connectivity index (χ3v) is 2.61. The molecule has 2 aliphatic rings. The van der Waals surface area contributed by atoms with E-state index in [2.05, 4.69) is 12.2 Å². The molecule has 0 atom stereocenters. The van der Waals surface area contributed by atoms with Gasteiger partial charge in [-0.25, -0.2) is 0 Å². The van der Waals surface area contributed by atoms with Crippen LogP contribution in [0.3, 0.4) is 0 Å². The summed E-state index contributed by atoms with van der Waals surface area (Å²) in [5, 5.41) is 8.41. The molecule has 0 saturated heterocycles. The molecule has 19 heavy (non-hydrogen) atoms. The normalized spacial score (nSPS) is 15.9. The number of hydrogen-bond donors (Lipinski definition) is 1. The predicted molar refractivity (Wildman–Crippen MR) is 68.9 cm³/mol. The first-order valence-electron chi connectivity index (χ1n) is 5.84. The largest absolute Gasteiger partial charge is 0.762 e. The van der Waals surface area contributed by atoms with E-state index < -0.39 is 13.5 Å². The van der Waals surface area contributed by atoms with Gasteiger partial charge in [-0.3, -0.25) is 17.7 Å². The Morgan fingerprint density at radius 3 is 1.53 bits per heavy atom. The summed E-state index contributed by atoms with van der Waals surface area (Å²) in [6, 6.07) is 0. The van der Waals surface area contributed by atoms with Crippen molar-refractivity contribution in [2.24, 2.45) is 5.92 Å².